The smallest absolute Gasteiger partial charge is 0.222 e. The molecule has 0 aliphatic heterocycles. The molecular weight excluding hydrogens is 272 g/mol. The molecule has 0 atom stereocenters. The second-order valence-electron chi connectivity index (χ2n) is 4.21. The first-order valence-corrected chi connectivity index (χ1v) is 6.05. The molecule has 0 unspecified atom stereocenters. The molecule has 0 aliphatic carbocycles. The minimum absolute atomic E-state index is 0. The van der Waals surface area contributed by atoms with E-state index in [9.17, 15) is 0 Å². The van der Waals surface area contributed by atoms with E-state index in [1.165, 1.54) is 0 Å². The summed E-state index contributed by atoms with van der Waals surface area (Å²) in [4.78, 5) is 8.11. The molecule has 0 spiro atoms. The minimum atomic E-state index is 0. The third-order valence-electron chi connectivity index (χ3n) is 3.02. The number of fused-ring (bicyclic) bond motifs is 1. The van der Waals surface area contributed by atoms with Gasteiger partial charge in [0.25, 0.3) is 0 Å². The van der Waals surface area contributed by atoms with E-state index in [0.29, 0.717) is 5.56 Å². The fourth-order valence-electron chi connectivity index (χ4n) is 2.14. The van der Waals surface area contributed by atoms with E-state index in [2.05, 4.69) is 16.0 Å². The molecule has 4 nitrogen and oxygen atoms in total. The van der Waals surface area contributed by atoms with Gasteiger partial charge in [0.15, 0.2) is 0 Å². The molecule has 0 bridgehead atoms. The first kappa shape index (κ1) is 14.0. The number of halogens is 1. The molecule has 100 valence electrons. The zero-order valence-electron chi connectivity index (χ0n) is 10.1. The first-order valence-electron chi connectivity index (χ1n) is 5.67. The van der Waals surface area contributed by atoms with Crippen LogP contribution < -0.4 is 0 Å². The molecule has 1 aromatic carbocycles. The monoisotopic (exact) mass is 284 g/mol. The van der Waals surface area contributed by atoms with Crippen LogP contribution in [0.4, 0.5) is 0 Å². The Morgan fingerprint density at radius 2 is 2.10 bits per heavy atom. The van der Waals surface area contributed by atoms with E-state index < -0.39 is 0 Å². The molecular formula is C15H13ClN4. The highest BCUT2D eigenvalue weighted by molar-refractivity contribution is 6.28. The highest BCUT2D eigenvalue weighted by Crippen LogP contribution is 2.29. The summed E-state index contributed by atoms with van der Waals surface area (Å²) >= 11 is 5.83. The van der Waals surface area contributed by atoms with Gasteiger partial charge in [0.2, 0.25) is 5.28 Å². The summed E-state index contributed by atoms with van der Waals surface area (Å²) in [6.07, 6.45) is 3.61. The van der Waals surface area contributed by atoms with Gasteiger partial charge in [-0.05, 0) is 29.8 Å². The Morgan fingerprint density at radius 1 is 1.30 bits per heavy atom. The van der Waals surface area contributed by atoms with Gasteiger partial charge in [-0.15, -0.1) is 0 Å². The van der Waals surface area contributed by atoms with Gasteiger partial charge in [-0.1, -0.05) is 13.5 Å². The maximum atomic E-state index is 8.95. The second-order valence-corrected chi connectivity index (χ2v) is 4.55. The highest BCUT2D eigenvalue weighted by Gasteiger charge is 2.10. The molecule has 0 fully saturated rings. The number of nitrogens with zero attached hydrogens (tertiary/aromatic N) is 4. The van der Waals surface area contributed by atoms with Crippen LogP contribution in [0.5, 0.6) is 0 Å². The Hall–Kier alpha value is -2.38. The molecule has 3 rings (SSSR count). The summed E-state index contributed by atoms with van der Waals surface area (Å²) in [6, 6.07) is 9.56. The summed E-state index contributed by atoms with van der Waals surface area (Å²) in [5.74, 6) is 0. The van der Waals surface area contributed by atoms with Crippen molar-refractivity contribution in [1.82, 2.24) is 14.5 Å². The van der Waals surface area contributed by atoms with Crippen LogP contribution in [0.15, 0.2) is 36.7 Å². The predicted molar refractivity (Wildman–Crippen MR) is 80.4 cm³/mol. The van der Waals surface area contributed by atoms with Gasteiger partial charge < -0.3 is 4.57 Å². The maximum Gasteiger partial charge on any atom is 0.222 e. The zero-order valence-corrected chi connectivity index (χ0v) is 10.9. The van der Waals surface area contributed by atoms with Gasteiger partial charge in [0, 0.05) is 35.9 Å². The summed E-state index contributed by atoms with van der Waals surface area (Å²) in [6.45, 7) is 0. The van der Waals surface area contributed by atoms with Gasteiger partial charge in [0.1, 0.15) is 0 Å². The Morgan fingerprint density at radius 3 is 2.80 bits per heavy atom. The number of benzene rings is 1. The molecule has 0 saturated carbocycles. The number of hydrogen-bond donors (Lipinski definition) is 0. The van der Waals surface area contributed by atoms with E-state index in [1.54, 1.807) is 12.3 Å². The fraction of sp³-hybridized carbons (Fsp3) is 0.133. The van der Waals surface area contributed by atoms with Crippen molar-refractivity contribution < 1.29 is 0 Å². The summed E-state index contributed by atoms with van der Waals surface area (Å²) in [5, 5.41) is 10.2. The molecule has 0 N–H and O–H groups in total. The van der Waals surface area contributed by atoms with Gasteiger partial charge >= 0.3 is 0 Å². The lowest BCUT2D eigenvalue weighted by Crippen LogP contribution is -1.85. The van der Waals surface area contributed by atoms with Crippen LogP contribution in [0.25, 0.3) is 22.2 Å². The molecule has 5 heteroatoms. The number of rotatable bonds is 1. The third kappa shape index (κ3) is 2.24. The average molecular weight is 285 g/mol. The van der Waals surface area contributed by atoms with Crippen LogP contribution in [0, 0.1) is 11.3 Å². The van der Waals surface area contributed by atoms with Crippen LogP contribution in [-0.4, -0.2) is 14.5 Å². The van der Waals surface area contributed by atoms with Crippen molar-refractivity contribution in [3.05, 3.63) is 47.5 Å². The third-order valence-corrected chi connectivity index (χ3v) is 3.20. The zero-order chi connectivity index (χ0) is 13.4. The normalized spacial score (nSPS) is 10.1. The second kappa shape index (κ2) is 5.32. The van der Waals surface area contributed by atoms with Crippen LogP contribution in [-0.2, 0) is 7.05 Å². The van der Waals surface area contributed by atoms with Crippen LogP contribution in [0.3, 0.4) is 0 Å². The molecule has 0 aliphatic rings. The van der Waals surface area contributed by atoms with Gasteiger partial charge in [-0.3, -0.25) is 0 Å². The summed E-state index contributed by atoms with van der Waals surface area (Å²) < 4.78 is 1.97. The van der Waals surface area contributed by atoms with Crippen molar-refractivity contribution in [3.8, 4) is 17.3 Å². The van der Waals surface area contributed by atoms with E-state index in [4.69, 9.17) is 16.9 Å². The SMILES string of the molecule is C.Cn1cc(-c2ccnc(Cl)n2)c2ccc(C#N)cc21. The first-order chi connectivity index (χ1) is 9.19. The van der Waals surface area contributed by atoms with Crippen molar-refractivity contribution in [1.29, 1.82) is 5.26 Å². The lowest BCUT2D eigenvalue weighted by atomic mass is 10.1. The molecule has 2 heterocycles. The van der Waals surface area contributed by atoms with Crippen LogP contribution in [0.2, 0.25) is 5.28 Å². The molecule has 20 heavy (non-hydrogen) atoms. The largest absolute Gasteiger partial charge is 0.350 e. The number of aryl methyl sites for hydroxylation is 1. The topological polar surface area (TPSA) is 54.5 Å². The van der Waals surface area contributed by atoms with Gasteiger partial charge in [-0.25, -0.2) is 9.97 Å². The van der Waals surface area contributed by atoms with Gasteiger partial charge in [0.05, 0.1) is 17.3 Å². The summed E-state index contributed by atoms with van der Waals surface area (Å²) in [5.41, 5.74) is 3.38. The van der Waals surface area contributed by atoms with E-state index in [-0.39, 0.29) is 12.7 Å². The fourth-order valence-corrected chi connectivity index (χ4v) is 2.29. The standard InChI is InChI=1S/C14H9ClN4.CH4/c1-19-8-11(12-4-5-17-14(15)18-12)10-3-2-9(7-16)6-13(10)19;/h2-6,8H,1H3;1H4. The van der Waals surface area contributed by atoms with Crippen molar-refractivity contribution in [2.75, 3.05) is 0 Å². The lowest BCUT2D eigenvalue weighted by Gasteiger charge is -1.99. The molecule has 0 amide bonds. The highest BCUT2D eigenvalue weighted by atomic mass is 35.5. The predicted octanol–water partition coefficient (Wildman–Crippen LogP) is 3.80. The van der Waals surface area contributed by atoms with Crippen LogP contribution >= 0.6 is 11.6 Å². The van der Waals surface area contributed by atoms with Crippen molar-refractivity contribution in [2.24, 2.45) is 7.05 Å². The summed E-state index contributed by atoms with van der Waals surface area (Å²) in [7, 11) is 1.94. The number of hydrogen-bond acceptors (Lipinski definition) is 3. The van der Waals surface area contributed by atoms with Gasteiger partial charge in [-0.2, -0.15) is 5.26 Å². The van der Waals surface area contributed by atoms with Crippen molar-refractivity contribution in [2.45, 2.75) is 7.43 Å². The van der Waals surface area contributed by atoms with E-state index >= 15 is 0 Å². The molecule has 0 radical (unpaired) electrons. The molecule has 3 aromatic rings. The lowest BCUT2D eigenvalue weighted by molar-refractivity contribution is 0.969. The maximum absolute atomic E-state index is 8.95. The van der Waals surface area contributed by atoms with Crippen molar-refractivity contribution >= 4 is 22.5 Å². The Balaban J connectivity index is 0.00000147. The molecule has 2 aromatic heterocycles. The Labute approximate surface area is 122 Å². The molecule has 0 saturated heterocycles. The Bertz CT molecular complexity index is 814. The van der Waals surface area contributed by atoms with Crippen molar-refractivity contribution in [3.63, 3.8) is 0 Å². The quantitative estimate of drug-likeness (QED) is 0.639. The number of nitriles is 1. The minimum Gasteiger partial charge on any atom is -0.350 e. The average Bonchev–Trinajstić information content (AvgIpc) is 2.76. The van der Waals surface area contributed by atoms with Crippen LogP contribution in [0.1, 0.15) is 13.0 Å². The van der Waals surface area contributed by atoms with E-state index in [1.807, 2.05) is 36.0 Å². The number of aromatic nitrogens is 3. The van der Waals surface area contributed by atoms with E-state index in [0.717, 1.165) is 22.2 Å². The Kier molecular flexibility index (Phi) is 3.73.